The fourth-order valence-electron chi connectivity index (χ4n) is 2.78. The van der Waals surface area contributed by atoms with E-state index in [9.17, 15) is 5.11 Å². The summed E-state index contributed by atoms with van der Waals surface area (Å²) in [5.74, 6) is 0.965. The molecule has 1 aliphatic heterocycles. The van der Waals surface area contributed by atoms with Crippen molar-refractivity contribution in [2.45, 2.75) is 45.0 Å². The third-order valence-corrected chi connectivity index (χ3v) is 3.79. The van der Waals surface area contributed by atoms with Gasteiger partial charge in [-0.05, 0) is 32.1 Å². The van der Waals surface area contributed by atoms with E-state index in [4.69, 9.17) is 0 Å². The molecule has 1 saturated heterocycles. The molecule has 2 heterocycles. The van der Waals surface area contributed by atoms with Gasteiger partial charge >= 0.3 is 0 Å². The van der Waals surface area contributed by atoms with Crippen LogP contribution in [-0.4, -0.2) is 60.4 Å². The summed E-state index contributed by atoms with van der Waals surface area (Å²) in [5, 5.41) is 13.3. The number of nitrogens with one attached hydrogen (secondary N) is 1. The molecule has 5 heteroatoms. The van der Waals surface area contributed by atoms with E-state index in [1.165, 1.54) is 5.56 Å². The van der Waals surface area contributed by atoms with Crippen LogP contribution in [0.3, 0.4) is 0 Å². The Bertz CT molecular complexity index is 432. The molecule has 1 aromatic rings. The van der Waals surface area contributed by atoms with E-state index in [0.717, 1.165) is 25.3 Å². The molecule has 2 unspecified atom stereocenters. The molecule has 2 N–H and O–H groups in total. The molecule has 21 heavy (non-hydrogen) atoms. The fraction of sp³-hybridized carbons (Fsp3) is 0.688. The van der Waals surface area contributed by atoms with Gasteiger partial charge in [-0.2, -0.15) is 0 Å². The summed E-state index contributed by atoms with van der Waals surface area (Å²) in [5.41, 5.74) is 1.19. The molecule has 0 aliphatic carbocycles. The van der Waals surface area contributed by atoms with Crippen molar-refractivity contribution >= 4 is 5.82 Å². The Morgan fingerprint density at radius 2 is 2.19 bits per heavy atom. The number of aliphatic hydroxyl groups is 1. The zero-order chi connectivity index (χ0) is 15.4. The second-order valence-electron chi connectivity index (χ2n) is 6.52. The lowest BCUT2D eigenvalue weighted by molar-refractivity contribution is 0.191. The van der Waals surface area contributed by atoms with E-state index in [1.807, 2.05) is 6.20 Å². The van der Waals surface area contributed by atoms with Crippen LogP contribution in [0.4, 0.5) is 5.82 Å². The molecule has 5 nitrogen and oxygen atoms in total. The Labute approximate surface area is 128 Å². The standard InChI is InChI=1S/C16H28N4O/c1-12(2)17-8-13-5-6-16(18-9-13)20-11-15(21)7-14(20)10-19(3)4/h5-6,9,12,14-15,17,21H,7-8,10-11H2,1-4H3. The van der Waals surface area contributed by atoms with Crippen LogP contribution in [0.2, 0.25) is 0 Å². The summed E-state index contributed by atoms with van der Waals surface area (Å²) in [6, 6.07) is 5.00. The highest BCUT2D eigenvalue weighted by molar-refractivity contribution is 5.42. The van der Waals surface area contributed by atoms with Gasteiger partial charge in [0, 0.05) is 37.9 Å². The van der Waals surface area contributed by atoms with Crippen molar-refractivity contribution in [3.8, 4) is 0 Å². The van der Waals surface area contributed by atoms with Gasteiger partial charge < -0.3 is 20.2 Å². The molecule has 2 rings (SSSR count). The number of aliphatic hydroxyl groups excluding tert-OH is 1. The van der Waals surface area contributed by atoms with Crippen LogP contribution in [0.15, 0.2) is 18.3 Å². The van der Waals surface area contributed by atoms with E-state index in [2.05, 4.69) is 60.2 Å². The van der Waals surface area contributed by atoms with Gasteiger partial charge in [0.05, 0.1) is 6.10 Å². The van der Waals surface area contributed by atoms with E-state index in [0.29, 0.717) is 18.6 Å². The van der Waals surface area contributed by atoms with Gasteiger partial charge in [-0.3, -0.25) is 0 Å². The molecule has 1 aromatic heterocycles. The molecule has 0 bridgehead atoms. The smallest absolute Gasteiger partial charge is 0.128 e. The number of β-amino-alcohol motifs (C(OH)–C–C–N with tert-alkyl or cyclic N) is 1. The quantitative estimate of drug-likeness (QED) is 0.822. The first kappa shape index (κ1) is 16.2. The molecule has 0 aromatic carbocycles. The Morgan fingerprint density at radius 1 is 1.43 bits per heavy atom. The summed E-state index contributed by atoms with van der Waals surface area (Å²) in [7, 11) is 4.13. The predicted octanol–water partition coefficient (Wildman–Crippen LogP) is 1.08. The molecule has 1 aliphatic rings. The van der Waals surface area contributed by atoms with Crippen LogP contribution in [0, 0.1) is 0 Å². The van der Waals surface area contributed by atoms with Crippen molar-refractivity contribution in [3.05, 3.63) is 23.9 Å². The summed E-state index contributed by atoms with van der Waals surface area (Å²) >= 11 is 0. The van der Waals surface area contributed by atoms with E-state index in [1.54, 1.807) is 0 Å². The number of nitrogens with zero attached hydrogens (tertiary/aromatic N) is 3. The topological polar surface area (TPSA) is 51.6 Å². The first-order valence-corrected chi connectivity index (χ1v) is 7.73. The van der Waals surface area contributed by atoms with Crippen LogP contribution in [0.25, 0.3) is 0 Å². The Morgan fingerprint density at radius 3 is 2.76 bits per heavy atom. The number of hydrogen-bond acceptors (Lipinski definition) is 5. The number of rotatable bonds is 6. The molecule has 0 radical (unpaired) electrons. The van der Waals surface area contributed by atoms with Gasteiger partial charge in [-0.15, -0.1) is 0 Å². The molecular weight excluding hydrogens is 264 g/mol. The van der Waals surface area contributed by atoms with Gasteiger partial charge in [-0.25, -0.2) is 4.98 Å². The third-order valence-electron chi connectivity index (χ3n) is 3.79. The second kappa shape index (κ2) is 7.20. The third kappa shape index (κ3) is 4.66. The zero-order valence-corrected chi connectivity index (χ0v) is 13.6. The first-order chi connectivity index (χ1) is 9.95. The average Bonchev–Trinajstić information content (AvgIpc) is 2.77. The minimum atomic E-state index is -0.251. The highest BCUT2D eigenvalue weighted by Crippen LogP contribution is 2.24. The number of hydrogen-bond donors (Lipinski definition) is 2. The molecule has 0 spiro atoms. The molecule has 0 amide bonds. The highest BCUT2D eigenvalue weighted by Gasteiger charge is 2.31. The monoisotopic (exact) mass is 292 g/mol. The van der Waals surface area contributed by atoms with Crippen molar-refractivity contribution in [1.82, 2.24) is 15.2 Å². The van der Waals surface area contributed by atoms with Crippen molar-refractivity contribution in [1.29, 1.82) is 0 Å². The minimum absolute atomic E-state index is 0.251. The van der Waals surface area contributed by atoms with Gasteiger partial charge in [0.2, 0.25) is 0 Å². The van der Waals surface area contributed by atoms with Crippen LogP contribution in [0.5, 0.6) is 0 Å². The second-order valence-corrected chi connectivity index (χ2v) is 6.52. The normalized spacial score (nSPS) is 22.5. The molecule has 1 fully saturated rings. The van der Waals surface area contributed by atoms with Crippen LogP contribution < -0.4 is 10.2 Å². The summed E-state index contributed by atoms with van der Waals surface area (Å²) in [6.45, 7) is 6.73. The number of aromatic nitrogens is 1. The van der Waals surface area contributed by atoms with E-state index in [-0.39, 0.29) is 6.10 Å². The largest absolute Gasteiger partial charge is 0.391 e. The molecule has 118 valence electrons. The Hall–Kier alpha value is -1.17. The highest BCUT2D eigenvalue weighted by atomic mass is 16.3. The fourth-order valence-corrected chi connectivity index (χ4v) is 2.78. The maximum Gasteiger partial charge on any atom is 0.128 e. The van der Waals surface area contributed by atoms with Crippen LogP contribution in [0.1, 0.15) is 25.8 Å². The SMILES string of the molecule is CC(C)NCc1ccc(N2CC(O)CC2CN(C)C)nc1. The maximum atomic E-state index is 9.95. The maximum absolute atomic E-state index is 9.95. The number of likely N-dealkylation sites (N-methyl/N-ethyl adjacent to an activating group) is 1. The minimum Gasteiger partial charge on any atom is -0.391 e. The lowest BCUT2D eigenvalue weighted by atomic mass is 10.2. The summed E-state index contributed by atoms with van der Waals surface area (Å²) < 4.78 is 0. The summed E-state index contributed by atoms with van der Waals surface area (Å²) in [4.78, 5) is 8.98. The van der Waals surface area contributed by atoms with Crippen molar-refractivity contribution < 1.29 is 5.11 Å². The van der Waals surface area contributed by atoms with E-state index >= 15 is 0 Å². The zero-order valence-electron chi connectivity index (χ0n) is 13.6. The lowest BCUT2D eigenvalue weighted by Crippen LogP contribution is -2.38. The van der Waals surface area contributed by atoms with Gasteiger partial charge in [0.15, 0.2) is 0 Å². The van der Waals surface area contributed by atoms with Crippen LogP contribution in [-0.2, 0) is 6.54 Å². The van der Waals surface area contributed by atoms with Crippen molar-refractivity contribution in [3.63, 3.8) is 0 Å². The Balaban J connectivity index is 2.02. The first-order valence-electron chi connectivity index (χ1n) is 7.73. The van der Waals surface area contributed by atoms with Crippen LogP contribution >= 0.6 is 0 Å². The average molecular weight is 292 g/mol. The molecule has 2 atom stereocenters. The van der Waals surface area contributed by atoms with E-state index < -0.39 is 0 Å². The van der Waals surface area contributed by atoms with Gasteiger partial charge in [0.25, 0.3) is 0 Å². The molecular formula is C16H28N4O. The molecule has 0 saturated carbocycles. The number of pyridine rings is 1. The van der Waals surface area contributed by atoms with Crippen molar-refractivity contribution in [2.75, 3.05) is 32.1 Å². The lowest BCUT2D eigenvalue weighted by Gasteiger charge is -2.27. The Kier molecular flexibility index (Phi) is 5.56. The van der Waals surface area contributed by atoms with Crippen molar-refractivity contribution in [2.24, 2.45) is 0 Å². The summed E-state index contributed by atoms with van der Waals surface area (Å²) in [6.07, 6.45) is 2.50. The predicted molar refractivity (Wildman–Crippen MR) is 86.5 cm³/mol. The van der Waals surface area contributed by atoms with Gasteiger partial charge in [-0.1, -0.05) is 19.9 Å². The van der Waals surface area contributed by atoms with Gasteiger partial charge in [0.1, 0.15) is 5.82 Å². The number of anilines is 1.